The van der Waals surface area contributed by atoms with E-state index in [4.69, 9.17) is 9.52 Å². The molecule has 0 fully saturated rings. The standard InChI is InChI=1S/C7H8O3/c1-4-3-5(2)10-6(4)7(8)9/h3H,1-2H3,(H,8,9). The third-order valence-corrected chi connectivity index (χ3v) is 1.24. The highest BCUT2D eigenvalue weighted by Gasteiger charge is 2.11. The summed E-state index contributed by atoms with van der Waals surface area (Å²) >= 11 is 0. The summed E-state index contributed by atoms with van der Waals surface area (Å²) in [4.78, 5) is 10.3. The van der Waals surface area contributed by atoms with E-state index in [1.54, 1.807) is 19.9 Å². The Morgan fingerprint density at radius 2 is 2.20 bits per heavy atom. The highest BCUT2D eigenvalue weighted by molar-refractivity contribution is 5.86. The van der Waals surface area contributed by atoms with E-state index in [9.17, 15) is 4.79 Å². The number of carboxylic acid groups (broad SMARTS) is 1. The first-order chi connectivity index (χ1) is 4.61. The predicted octanol–water partition coefficient (Wildman–Crippen LogP) is 1.59. The van der Waals surface area contributed by atoms with E-state index in [0.717, 1.165) is 0 Å². The van der Waals surface area contributed by atoms with E-state index in [1.165, 1.54) is 0 Å². The van der Waals surface area contributed by atoms with Crippen LogP contribution >= 0.6 is 0 Å². The second-order valence-electron chi connectivity index (χ2n) is 2.17. The molecule has 0 aliphatic carbocycles. The van der Waals surface area contributed by atoms with Gasteiger partial charge < -0.3 is 9.52 Å². The van der Waals surface area contributed by atoms with Gasteiger partial charge in [0, 0.05) is 5.56 Å². The highest BCUT2D eigenvalue weighted by atomic mass is 16.4. The number of aromatic carboxylic acids is 1. The minimum atomic E-state index is -1.01. The fraction of sp³-hybridized carbons (Fsp3) is 0.286. The molecule has 3 nitrogen and oxygen atoms in total. The van der Waals surface area contributed by atoms with Crippen molar-refractivity contribution in [3.63, 3.8) is 0 Å². The molecule has 1 heterocycles. The van der Waals surface area contributed by atoms with Gasteiger partial charge in [-0.1, -0.05) is 0 Å². The van der Waals surface area contributed by atoms with Gasteiger partial charge in [-0.3, -0.25) is 0 Å². The Kier molecular flexibility index (Phi) is 1.49. The molecule has 0 amide bonds. The zero-order valence-corrected chi connectivity index (χ0v) is 5.84. The predicted molar refractivity (Wildman–Crippen MR) is 35.1 cm³/mol. The second kappa shape index (κ2) is 2.17. The number of rotatable bonds is 1. The number of furan rings is 1. The summed E-state index contributed by atoms with van der Waals surface area (Å²) < 4.78 is 4.88. The molecule has 1 N–H and O–H groups in total. The molecule has 0 spiro atoms. The molecule has 0 unspecified atom stereocenters. The van der Waals surface area contributed by atoms with E-state index in [2.05, 4.69) is 0 Å². The van der Waals surface area contributed by atoms with Gasteiger partial charge in [-0.15, -0.1) is 0 Å². The third-order valence-electron chi connectivity index (χ3n) is 1.24. The first kappa shape index (κ1) is 6.86. The molecule has 1 aromatic heterocycles. The molecular weight excluding hydrogens is 132 g/mol. The first-order valence-electron chi connectivity index (χ1n) is 2.91. The SMILES string of the molecule is Cc1cc(C)c(C(=O)O)o1. The Balaban J connectivity index is 3.15. The van der Waals surface area contributed by atoms with Crippen LogP contribution in [0.5, 0.6) is 0 Å². The van der Waals surface area contributed by atoms with Gasteiger partial charge in [0.15, 0.2) is 0 Å². The Bertz CT molecular complexity index is 260. The average molecular weight is 140 g/mol. The van der Waals surface area contributed by atoms with Crippen LogP contribution in [0.2, 0.25) is 0 Å². The molecule has 10 heavy (non-hydrogen) atoms. The normalized spacial score (nSPS) is 9.80. The number of hydrogen-bond acceptors (Lipinski definition) is 2. The van der Waals surface area contributed by atoms with Gasteiger partial charge in [0.2, 0.25) is 5.76 Å². The third kappa shape index (κ3) is 1.03. The molecule has 0 atom stereocenters. The van der Waals surface area contributed by atoms with Crippen LogP contribution in [0.1, 0.15) is 21.9 Å². The van der Waals surface area contributed by atoms with Gasteiger partial charge in [0.25, 0.3) is 0 Å². The van der Waals surface area contributed by atoms with Crippen molar-refractivity contribution in [1.29, 1.82) is 0 Å². The van der Waals surface area contributed by atoms with Crippen molar-refractivity contribution >= 4 is 5.97 Å². The van der Waals surface area contributed by atoms with Crippen LogP contribution in [0.4, 0.5) is 0 Å². The summed E-state index contributed by atoms with van der Waals surface area (Å²) in [6.07, 6.45) is 0. The molecule has 0 radical (unpaired) electrons. The fourth-order valence-electron chi connectivity index (χ4n) is 0.854. The fourth-order valence-corrected chi connectivity index (χ4v) is 0.854. The molecule has 0 aliphatic rings. The van der Waals surface area contributed by atoms with E-state index in [1.807, 2.05) is 0 Å². The molecular formula is C7H8O3. The lowest BCUT2D eigenvalue weighted by atomic mass is 10.3. The molecule has 54 valence electrons. The Morgan fingerprint density at radius 3 is 2.40 bits per heavy atom. The van der Waals surface area contributed by atoms with Crippen molar-refractivity contribution in [2.75, 3.05) is 0 Å². The first-order valence-corrected chi connectivity index (χ1v) is 2.91. The summed E-state index contributed by atoms with van der Waals surface area (Å²) in [5.74, 6) is -0.335. The number of hydrogen-bond donors (Lipinski definition) is 1. The molecule has 0 bridgehead atoms. The van der Waals surface area contributed by atoms with Crippen LogP contribution in [0.3, 0.4) is 0 Å². The van der Waals surface area contributed by atoms with Crippen molar-refractivity contribution in [3.05, 3.63) is 23.2 Å². The quantitative estimate of drug-likeness (QED) is 0.644. The maximum absolute atomic E-state index is 10.3. The van der Waals surface area contributed by atoms with Crippen LogP contribution < -0.4 is 0 Å². The maximum atomic E-state index is 10.3. The number of carboxylic acids is 1. The van der Waals surface area contributed by atoms with Crippen LogP contribution in [-0.4, -0.2) is 11.1 Å². The zero-order chi connectivity index (χ0) is 7.72. The van der Waals surface area contributed by atoms with Crippen molar-refractivity contribution in [3.8, 4) is 0 Å². The molecule has 3 heteroatoms. The molecule has 1 aromatic rings. The van der Waals surface area contributed by atoms with Crippen LogP contribution in [0.15, 0.2) is 10.5 Å². The lowest BCUT2D eigenvalue weighted by Gasteiger charge is -1.86. The molecule has 0 saturated heterocycles. The van der Waals surface area contributed by atoms with Gasteiger partial charge in [0.1, 0.15) is 5.76 Å². The highest BCUT2D eigenvalue weighted by Crippen LogP contribution is 2.12. The summed E-state index contributed by atoms with van der Waals surface area (Å²) in [5, 5.41) is 8.49. The van der Waals surface area contributed by atoms with Gasteiger partial charge >= 0.3 is 5.97 Å². The lowest BCUT2D eigenvalue weighted by Crippen LogP contribution is -1.94. The van der Waals surface area contributed by atoms with Crippen molar-refractivity contribution in [2.24, 2.45) is 0 Å². The minimum Gasteiger partial charge on any atom is -0.475 e. The smallest absolute Gasteiger partial charge is 0.372 e. The Morgan fingerprint density at radius 1 is 1.60 bits per heavy atom. The van der Waals surface area contributed by atoms with Crippen molar-refractivity contribution in [2.45, 2.75) is 13.8 Å². The van der Waals surface area contributed by atoms with Gasteiger partial charge in [-0.25, -0.2) is 4.79 Å². The topological polar surface area (TPSA) is 50.4 Å². The monoisotopic (exact) mass is 140 g/mol. The number of aryl methyl sites for hydroxylation is 2. The van der Waals surface area contributed by atoms with E-state index < -0.39 is 5.97 Å². The van der Waals surface area contributed by atoms with Crippen LogP contribution in [0.25, 0.3) is 0 Å². The summed E-state index contributed by atoms with van der Waals surface area (Å²) in [5.41, 5.74) is 0.671. The average Bonchev–Trinajstić information content (AvgIpc) is 2.10. The lowest BCUT2D eigenvalue weighted by molar-refractivity contribution is 0.0660. The molecule has 0 saturated carbocycles. The summed E-state index contributed by atoms with van der Waals surface area (Å²) in [7, 11) is 0. The Hall–Kier alpha value is -1.25. The summed E-state index contributed by atoms with van der Waals surface area (Å²) in [6.45, 7) is 3.43. The maximum Gasteiger partial charge on any atom is 0.372 e. The largest absolute Gasteiger partial charge is 0.475 e. The molecule has 0 aliphatic heterocycles. The van der Waals surface area contributed by atoms with Crippen molar-refractivity contribution < 1.29 is 14.3 Å². The van der Waals surface area contributed by atoms with Gasteiger partial charge in [-0.05, 0) is 19.9 Å². The van der Waals surface area contributed by atoms with E-state index >= 15 is 0 Å². The zero-order valence-electron chi connectivity index (χ0n) is 5.84. The number of carbonyl (C=O) groups is 1. The minimum absolute atomic E-state index is 0.0394. The summed E-state index contributed by atoms with van der Waals surface area (Å²) in [6, 6.07) is 1.70. The second-order valence-corrected chi connectivity index (χ2v) is 2.17. The van der Waals surface area contributed by atoms with Crippen molar-refractivity contribution in [1.82, 2.24) is 0 Å². The van der Waals surface area contributed by atoms with E-state index in [0.29, 0.717) is 11.3 Å². The van der Waals surface area contributed by atoms with Crippen LogP contribution in [-0.2, 0) is 0 Å². The Labute approximate surface area is 58.3 Å². The van der Waals surface area contributed by atoms with E-state index in [-0.39, 0.29) is 5.76 Å². The molecule has 1 rings (SSSR count). The van der Waals surface area contributed by atoms with Gasteiger partial charge in [0.05, 0.1) is 0 Å². The molecule has 0 aromatic carbocycles. The van der Waals surface area contributed by atoms with Crippen LogP contribution in [0, 0.1) is 13.8 Å². The van der Waals surface area contributed by atoms with Gasteiger partial charge in [-0.2, -0.15) is 0 Å².